The van der Waals surface area contributed by atoms with Crippen LogP contribution in [0.1, 0.15) is 24.1 Å². The van der Waals surface area contributed by atoms with Crippen LogP contribution in [0.3, 0.4) is 0 Å². The highest BCUT2D eigenvalue weighted by Crippen LogP contribution is 2.25. The van der Waals surface area contributed by atoms with Crippen LogP contribution >= 0.6 is 0 Å². The highest BCUT2D eigenvalue weighted by atomic mass is 32.2. The molecule has 5 heteroatoms. The van der Waals surface area contributed by atoms with Crippen molar-refractivity contribution in [1.82, 2.24) is 4.72 Å². The van der Waals surface area contributed by atoms with Gasteiger partial charge in [-0.1, -0.05) is 48.5 Å². The Balaban J connectivity index is 2.13. The van der Waals surface area contributed by atoms with Crippen molar-refractivity contribution in [3.05, 3.63) is 65.7 Å². The Bertz CT molecular complexity index is 684. The van der Waals surface area contributed by atoms with Crippen LogP contribution in [0, 0.1) is 0 Å². The third-order valence-corrected chi connectivity index (χ3v) is 4.59. The summed E-state index contributed by atoms with van der Waals surface area (Å²) in [4.78, 5) is 0. The number of para-hydroxylation sites is 1. The van der Waals surface area contributed by atoms with Crippen LogP contribution < -0.4 is 9.46 Å². The molecule has 0 saturated carbocycles. The minimum Gasteiger partial charge on any atom is -0.496 e. The van der Waals surface area contributed by atoms with E-state index < -0.39 is 10.0 Å². The molecule has 0 aliphatic rings. The first-order valence-electron chi connectivity index (χ1n) is 6.68. The summed E-state index contributed by atoms with van der Waals surface area (Å²) in [6, 6.07) is 16.2. The fourth-order valence-corrected chi connectivity index (χ4v) is 3.57. The monoisotopic (exact) mass is 305 g/mol. The van der Waals surface area contributed by atoms with Gasteiger partial charge in [-0.05, 0) is 18.6 Å². The van der Waals surface area contributed by atoms with Gasteiger partial charge in [0, 0.05) is 11.6 Å². The van der Waals surface area contributed by atoms with E-state index in [0.29, 0.717) is 5.75 Å². The molecule has 0 fully saturated rings. The van der Waals surface area contributed by atoms with E-state index in [0.717, 1.165) is 11.1 Å². The van der Waals surface area contributed by atoms with Gasteiger partial charge < -0.3 is 4.74 Å². The standard InChI is InChI=1S/C16H19NO3S/c1-13(15-10-6-7-11-16(15)20-2)17-21(18,19)12-14-8-4-3-5-9-14/h3-11,13,17H,12H2,1-2H3/t13-/m1/s1. The molecule has 4 nitrogen and oxygen atoms in total. The maximum atomic E-state index is 12.2. The summed E-state index contributed by atoms with van der Waals surface area (Å²) in [7, 11) is -1.84. The van der Waals surface area contributed by atoms with Crippen LogP contribution in [-0.4, -0.2) is 15.5 Å². The Labute approximate surface area is 125 Å². The summed E-state index contributed by atoms with van der Waals surface area (Å²) in [5.41, 5.74) is 1.58. The van der Waals surface area contributed by atoms with Crippen molar-refractivity contribution >= 4 is 10.0 Å². The van der Waals surface area contributed by atoms with Gasteiger partial charge in [-0.15, -0.1) is 0 Å². The summed E-state index contributed by atoms with van der Waals surface area (Å²) in [6.07, 6.45) is 0. The zero-order chi connectivity index (χ0) is 15.3. The van der Waals surface area contributed by atoms with Crippen molar-refractivity contribution in [3.63, 3.8) is 0 Å². The van der Waals surface area contributed by atoms with E-state index in [1.807, 2.05) is 42.5 Å². The lowest BCUT2D eigenvalue weighted by Crippen LogP contribution is -2.28. The molecule has 0 amide bonds. The maximum Gasteiger partial charge on any atom is 0.216 e. The molecule has 1 atom stereocenters. The van der Waals surface area contributed by atoms with Crippen molar-refractivity contribution in [2.75, 3.05) is 7.11 Å². The average molecular weight is 305 g/mol. The molecule has 112 valence electrons. The van der Waals surface area contributed by atoms with E-state index in [1.165, 1.54) is 0 Å². The first-order chi connectivity index (χ1) is 10.0. The molecule has 0 heterocycles. The van der Waals surface area contributed by atoms with Crippen molar-refractivity contribution in [1.29, 1.82) is 0 Å². The van der Waals surface area contributed by atoms with Crippen molar-refractivity contribution in [3.8, 4) is 5.75 Å². The molecule has 0 aliphatic heterocycles. The molecule has 0 saturated heterocycles. The van der Waals surface area contributed by atoms with Crippen LogP contribution in [0.5, 0.6) is 5.75 Å². The van der Waals surface area contributed by atoms with Gasteiger partial charge in [0.15, 0.2) is 0 Å². The predicted molar refractivity (Wildman–Crippen MR) is 83.6 cm³/mol. The van der Waals surface area contributed by atoms with Crippen LogP contribution in [0.4, 0.5) is 0 Å². The summed E-state index contributed by atoms with van der Waals surface area (Å²) in [6.45, 7) is 1.81. The van der Waals surface area contributed by atoms with Gasteiger partial charge >= 0.3 is 0 Å². The Kier molecular flexibility index (Phi) is 4.98. The summed E-state index contributed by atoms with van der Waals surface area (Å²) in [5.74, 6) is 0.639. The fraction of sp³-hybridized carbons (Fsp3) is 0.250. The van der Waals surface area contributed by atoms with E-state index in [2.05, 4.69) is 4.72 Å². The molecule has 0 bridgehead atoms. The number of sulfonamides is 1. The fourth-order valence-electron chi connectivity index (χ4n) is 2.19. The van der Waals surface area contributed by atoms with Gasteiger partial charge in [0.1, 0.15) is 5.75 Å². The maximum absolute atomic E-state index is 12.2. The second-order valence-corrected chi connectivity index (χ2v) is 6.58. The lowest BCUT2D eigenvalue weighted by molar-refractivity contribution is 0.405. The molecule has 2 aromatic carbocycles. The van der Waals surface area contributed by atoms with Crippen molar-refractivity contribution in [2.24, 2.45) is 0 Å². The minimum absolute atomic E-state index is 0.0344. The van der Waals surface area contributed by atoms with Crippen molar-refractivity contribution < 1.29 is 13.2 Å². The molecule has 2 rings (SSSR count). The Morgan fingerprint density at radius 2 is 1.67 bits per heavy atom. The number of hydrogen-bond acceptors (Lipinski definition) is 3. The topological polar surface area (TPSA) is 55.4 Å². The van der Waals surface area contributed by atoms with Crippen LogP contribution in [0.2, 0.25) is 0 Å². The Morgan fingerprint density at radius 1 is 1.05 bits per heavy atom. The van der Waals surface area contributed by atoms with Gasteiger partial charge in [-0.25, -0.2) is 13.1 Å². The van der Waals surface area contributed by atoms with Gasteiger partial charge in [0.2, 0.25) is 10.0 Å². The van der Waals surface area contributed by atoms with Crippen LogP contribution in [0.15, 0.2) is 54.6 Å². The lowest BCUT2D eigenvalue weighted by atomic mass is 10.1. The van der Waals surface area contributed by atoms with Crippen LogP contribution in [0.25, 0.3) is 0 Å². The number of hydrogen-bond donors (Lipinski definition) is 1. The minimum atomic E-state index is -3.41. The molecule has 1 N–H and O–H groups in total. The van der Waals surface area contributed by atoms with Gasteiger partial charge in [0.25, 0.3) is 0 Å². The third kappa shape index (κ3) is 4.31. The van der Waals surface area contributed by atoms with Gasteiger partial charge in [-0.3, -0.25) is 0 Å². The Morgan fingerprint density at radius 3 is 2.33 bits per heavy atom. The average Bonchev–Trinajstić information content (AvgIpc) is 2.47. The summed E-state index contributed by atoms with van der Waals surface area (Å²) in [5, 5.41) is 0. The van der Waals surface area contributed by atoms with E-state index >= 15 is 0 Å². The number of nitrogens with one attached hydrogen (secondary N) is 1. The smallest absolute Gasteiger partial charge is 0.216 e. The molecule has 2 aromatic rings. The zero-order valence-electron chi connectivity index (χ0n) is 12.1. The number of rotatable bonds is 6. The normalized spacial score (nSPS) is 12.9. The first-order valence-corrected chi connectivity index (χ1v) is 8.34. The largest absolute Gasteiger partial charge is 0.496 e. The van der Waals surface area contributed by atoms with Crippen molar-refractivity contribution in [2.45, 2.75) is 18.7 Å². The second kappa shape index (κ2) is 6.74. The molecule has 21 heavy (non-hydrogen) atoms. The highest BCUT2D eigenvalue weighted by Gasteiger charge is 2.18. The molecule has 0 aromatic heterocycles. The quantitative estimate of drug-likeness (QED) is 0.893. The zero-order valence-corrected chi connectivity index (χ0v) is 12.9. The highest BCUT2D eigenvalue weighted by molar-refractivity contribution is 7.88. The number of methoxy groups -OCH3 is 1. The van der Waals surface area contributed by atoms with Crippen LogP contribution in [-0.2, 0) is 15.8 Å². The molecular weight excluding hydrogens is 286 g/mol. The van der Waals surface area contributed by atoms with E-state index in [9.17, 15) is 8.42 Å². The molecule has 0 spiro atoms. The Hall–Kier alpha value is -1.85. The second-order valence-electron chi connectivity index (χ2n) is 4.83. The van der Waals surface area contributed by atoms with Gasteiger partial charge in [-0.2, -0.15) is 0 Å². The van der Waals surface area contributed by atoms with E-state index in [-0.39, 0.29) is 11.8 Å². The number of benzene rings is 2. The van der Waals surface area contributed by atoms with Gasteiger partial charge in [0.05, 0.1) is 12.9 Å². The molecule has 0 radical (unpaired) electrons. The molecular formula is C16H19NO3S. The summed E-state index contributed by atoms with van der Waals surface area (Å²) < 4.78 is 32.4. The van der Waals surface area contributed by atoms with E-state index in [4.69, 9.17) is 4.74 Å². The third-order valence-electron chi connectivity index (χ3n) is 3.16. The first kappa shape index (κ1) is 15.5. The lowest BCUT2D eigenvalue weighted by Gasteiger charge is -2.17. The molecule has 0 unspecified atom stereocenters. The van der Waals surface area contributed by atoms with E-state index in [1.54, 1.807) is 26.2 Å². The molecule has 0 aliphatic carbocycles. The summed E-state index contributed by atoms with van der Waals surface area (Å²) >= 11 is 0. The SMILES string of the molecule is COc1ccccc1[C@@H](C)NS(=O)(=O)Cc1ccccc1. The number of ether oxygens (including phenoxy) is 1. The predicted octanol–water partition coefficient (Wildman–Crippen LogP) is 2.88.